The average molecular weight is 507 g/mol. The highest BCUT2D eigenvalue weighted by atomic mass is 19.4. The van der Waals surface area contributed by atoms with Gasteiger partial charge in [-0.3, -0.25) is 9.69 Å². The van der Waals surface area contributed by atoms with Crippen LogP contribution in [0, 0.1) is 5.92 Å². The van der Waals surface area contributed by atoms with Gasteiger partial charge in [-0.2, -0.15) is 13.2 Å². The number of alkyl halides is 3. The molecule has 2 saturated heterocycles. The number of ether oxygens (including phenoxy) is 1. The van der Waals surface area contributed by atoms with Gasteiger partial charge < -0.3 is 20.7 Å². The van der Waals surface area contributed by atoms with Crippen molar-refractivity contribution in [1.82, 2.24) is 25.5 Å². The number of likely N-dealkylation sites (tertiary alicyclic amines) is 1. The lowest BCUT2D eigenvalue weighted by atomic mass is 9.79. The highest BCUT2D eigenvalue weighted by Gasteiger charge is 2.37. The number of aromatic nitrogens is 2. The van der Waals surface area contributed by atoms with Gasteiger partial charge in [0.1, 0.15) is 12.1 Å². The molecule has 3 heterocycles. The van der Waals surface area contributed by atoms with Gasteiger partial charge in [0, 0.05) is 37.0 Å². The Morgan fingerprint density at radius 3 is 2.64 bits per heavy atom. The molecule has 2 aliphatic heterocycles. The smallest absolute Gasteiger partial charge is 0.416 e. The summed E-state index contributed by atoms with van der Waals surface area (Å²) in [5.41, 5.74) is -0.428. The van der Waals surface area contributed by atoms with E-state index in [2.05, 4.69) is 30.8 Å². The van der Waals surface area contributed by atoms with Gasteiger partial charge in [0.2, 0.25) is 5.91 Å². The lowest BCUT2D eigenvalue weighted by Gasteiger charge is -2.47. The quantitative estimate of drug-likeness (QED) is 0.553. The molecule has 2 aromatic rings. The zero-order chi connectivity index (χ0) is 25.3. The van der Waals surface area contributed by atoms with Gasteiger partial charge in [0.25, 0.3) is 0 Å². The Hall–Kier alpha value is -3.15. The van der Waals surface area contributed by atoms with E-state index in [0.29, 0.717) is 24.1 Å². The van der Waals surface area contributed by atoms with E-state index in [-0.39, 0.29) is 41.8 Å². The van der Waals surface area contributed by atoms with Crippen molar-refractivity contribution in [3.05, 3.63) is 30.1 Å². The number of rotatable bonds is 6. The lowest BCUT2D eigenvalue weighted by molar-refractivity contribution is -0.137. The number of nitrogens with zero attached hydrogens (tertiary/aromatic N) is 3. The SMILES string of the molecule is O=C(CNc1ncnc2ccc(C(F)(F)F)cc12)NC1CN([C@H]2CC[C@@H](C3CCOC(=O)N3)CC2)C1. The largest absolute Gasteiger partial charge is 0.449 e. The van der Waals surface area contributed by atoms with Crippen LogP contribution in [0.5, 0.6) is 0 Å². The summed E-state index contributed by atoms with van der Waals surface area (Å²) in [5, 5.41) is 8.98. The summed E-state index contributed by atoms with van der Waals surface area (Å²) in [5.74, 6) is 0.438. The molecule has 0 radical (unpaired) electrons. The first kappa shape index (κ1) is 24.5. The summed E-state index contributed by atoms with van der Waals surface area (Å²) in [6.45, 7) is 1.95. The van der Waals surface area contributed by atoms with E-state index >= 15 is 0 Å². The van der Waals surface area contributed by atoms with Gasteiger partial charge in [-0.15, -0.1) is 0 Å². The molecule has 2 amide bonds. The second-order valence-corrected chi connectivity index (χ2v) is 9.77. The summed E-state index contributed by atoms with van der Waals surface area (Å²) in [6.07, 6.45) is 1.59. The number of benzene rings is 1. The van der Waals surface area contributed by atoms with Crippen molar-refractivity contribution in [2.24, 2.45) is 5.92 Å². The number of hydrogen-bond acceptors (Lipinski definition) is 7. The van der Waals surface area contributed by atoms with E-state index in [1.54, 1.807) is 0 Å². The monoisotopic (exact) mass is 506 g/mol. The van der Waals surface area contributed by atoms with Crippen LogP contribution < -0.4 is 16.0 Å². The fourth-order valence-corrected chi connectivity index (χ4v) is 5.49. The van der Waals surface area contributed by atoms with Gasteiger partial charge in [-0.05, 0) is 49.8 Å². The third-order valence-electron chi connectivity index (χ3n) is 7.45. The number of nitrogens with one attached hydrogen (secondary N) is 3. The Balaban J connectivity index is 1.06. The second kappa shape index (κ2) is 10.1. The average Bonchev–Trinajstić information content (AvgIpc) is 2.84. The predicted octanol–water partition coefficient (Wildman–Crippen LogP) is 2.92. The normalized spacial score (nSPS) is 25.5. The molecule has 3 aliphatic rings. The second-order valence-electron chi connectivity index (χ2n) is 9.77. The minimum atomic E-state index is -4.48. The lowest BCUT2D eigenvalue weighted by Crippen LogP contribution is -2.63. The van der Waals surface area contributed by atoms with Crippen LogP contribution in [0.3, 0.4) is 0 Å². The van der Waals surface area contributed by atoms with Crippen LogP contribution in [0.15, 0.2) is 24.5 Å². The number of amides is 2. The number of cyclic esters (lactones) is 1. The summed E-state index contributed by atoms with van der Waals surface area (Å²) in [6, 6.07) is 3.99. The minimum absolute atomic E-state index is 0.0470. The van der Waals surface area contributed by atoms with Crippen molar-refractivity contribution in [1.29, 1.82) is 0 Å². The predicted molar refractivity (Wildman–Crippen MR) is 125 cm³/mol. The molecule has 0 spiro atoms. The number of carbonyl (C=O) groups is 2. The zero-order valence-electron chi connectivity index (χ0n) is 19.7. The van der Waals surface area contributed by atoms with Gasteiger partial charge in [-0.1, -0.05) is 0 Å². The van der Waals surface area contributed by atoms with Crippen LogP contribution in [0.25, 0.3) is 10.9 Å². The first-order valence-electron chi connectivity index (χ1n) is 12.3. The standard InChI is InChI=1S/C24H29F3N6O3/c25-24(26,27)15-3-6-20-18(9-15)22(30-13-29-20)28-10-21(34)31-16-11-33(12-16)17-4-1-14(2-5-17)19-7-8-36-23(35)32-19/h3,6,9,13-14,16-17,19H,1-2,4-5,7-8,10-12H2,(H,31,34)(H,32,35)(H,28,29,30)/t14-,17+,19?. The van der Waals surface area contributed by atoms with Crippen molar-refractivity contribution in [2.45, 2.75) is 56.4 Å². The van der Waals surface area contributed by atoms with Gasteiger partial charge in [-0.25, -0.2) is 14.8 Å². The topological polar surface area (TPSA) is 108 Å². The summed E-state index contributed by atoms with van der Waals surface area (Å²) in [4.78, 5) is 34.3. The molecule has 3 fully saturated rings. The maximum absolute atomic E-state index is 13.1. The van der Waals surface area contributed by atoms with E-state index in [1.807, 2.05) is 0 Å². The van der Waals surface area contributed by atoms with Crippen molar-refractivity contribution in [2.75, 3.05) is 31.6 Å². The van der Waals surface area contributed by atoms with E-state index < -0.39 is 11.7 Å². The maximum atomic E-state index is 13.1. The molecule has 12 heteroatoms. The van der Waals surface area contributed by atoms with Gasteiger partial charge in [0.15, 0.2) is 0 Å². The van der Waals surface area contributed by atoms with Crippen molar-refractivity contribution >= 4 is 28.7 Å². The molecule has 36 heavy (non-hydrogen) atoms. The molecule has 5 rings (SSSR count). The van der Waals surface area contributed by atoms with E-state index in [9.17, 15) is 22.8 Å². The molecule has 1 aromatic heterocycles. The number of anilines is 1. The number of hydrogen-bond donors (Lipinski definition) is 3. The van der Waals surface area contributed by atoms with Crippen LogP contribution in [0.2, 0.25) is 0 Å². The molecule has 3 N–H and O–H groups in total. The first-order valence-corrected chi connectivity index (χ1v) is 12.3. The number of carbonyl (C=O) groups excluding carboxylic acids is 2. The third kappa shape index (κ3) is 5.48. The van der Waals surface area contributed by atoms with Crippen molar-refractivity contribution in [3.8, 4) is 0 Å². The Bertz CT molecular complexity index is 1120. The summed E-state index contributed by atoms with van der Waals surface area (Å²) < 4.78 is 44.2. The molecule has 0 bridgehead atoms. The Labute approximate surface area is 206 Å². The molecule has 1 aromatic carbocycles. The highest BCUT2D eigenvalue weighted by Crippen LogP contribution is 2.34. The third-order valence-corrected chi connectivity index (χ3v) is 7.45. The minimum Gasteiger partial charge on any atom is -0.449 e. The van der Waals surface area contributed by atoms with Crippen LogP contribution in [-0.2, 0) is 15.7 Å². The Kier molecular flexibility index (Phi) is 6.87. The van der Waals surface area contributed by atoms with Crippen LogP contribution in [0.1, 0.15) is 37.7 Å². The van der Waals surface area contributed by atoms with E-state index in [4.69, 9.17) is 4.74 Å². The summed E-state index contributed by atoms with van der Waals surface area (Å²) >= 11 is 0. The van der Waals surface area contributed by atoms with Crippen LogP contribution in [0.4, 0.5) is 23.8 Å². The Morgan fingerprint density at radius 2 is 1.92 bits per heavy atom. The maximum Gasteiger partial charge on any atom is 0.416 e. The molecular weight excluding hydrogens is 477 g/mol. The van der Waals surface area contributed by atoms with Crippen LogP contribution in [-0.4, -0.2) is 71.2 Å². The fraction of sp³-hybridized carbons (Fsp3) is 0.583. The Morgan fingerprint density at radius 1 is 1.14 bits per heavy atom. The number of alkyl carbamates (subject to hydrolysis) is 1. The molecule has 9 nitrogen and oxygen atoms in total. The first-order chi connectivity index (χ1) is 17.3. The van der Waals surface area contributed by atoms with E-state index in [1.165, 1.54) is 12.4 Å². The zero-order valence-corrected chi connectivity index (χ0v) is 19.7. The fourth-order valence-electron chi connectivity index (χ4n) is 5.49. The van der Waals surface area contributed by atoms with Crippen molar-refractivity contribution in [3.63, 3.8) is 0 Å². The molecule has 194 valence electrons. The van der Waals surface area contributed by atoms with E-state index in [0.717, 1.165) is 57.3 Å². The highest BCUT2D eigenvalue weighted by molar-refractivity contribution is 5.91. The van der Waals surface area contributed by atoms with Gasteiger partial charge >= 0.3 is 12.3 Å². The number of fused-ring (bicyclic) bond motifs is 1. The molecule has 1 aliphatic carbocycles. The van der Waals surface area contributed by atoms with Crippen molar-refractivity contribution < 1.29 is 27.5 Å². The molecular formula is C24H29F3N6O3. The van der Waals surface area contributed by atoms with Gasteiger partial charge in [0.05, 0.1) is 30.3 Å². The van der Waals surface area contributed by atoms with Crippen LogP contribution >= 0.6 is 0 Å². The molecule has 1 atom stereocenters. The summed E-state index contributed by atoms with van der Waals surface area (Å²) in [7, 11) is 0. The number of halogens is 3. The molecule has 1 unspecified atom stereocenters. The molecule has 1 saturated carbocycles.